The third-order valence-corrected chi connectivity index (χ3v) is 3.13. The third kappa shape index (κ3) is 4.96. The molecule has 0 heterocycles. The molecule has 0 bridgehead atoms. The van der Waals surface area contributed by atoms with Crippen LogP contribution in [-0.4, -0.2) is 22.7 Å². The van der Waals surface area contributed by atoms with E-state index >= 15 is 0 Å². The Bertz CT molecular complexity index is 409. The first-order valence-electron chi connectivity index (χ1n) is 6.74. The van der Waals surface area contributed by atoms with Crippen LogP contribution in [0.2, 0.25) is 0 Å². The summed E-state index contributed by atoms with van der Waals surface area (Å²) in [5.74, 6) is 0. The van der Waals surface area contributed by atoms with Crippen molar-refractivity contribution in [3.05, 3.63) is 39.9 Å². The molecule has 0 spiro atoms. The minimum Gasteiger partial charge on any atom is -0.392 e. The first kappa shape index (κ1) is 15.6. The van der Waals surface area contributed by atoms with Gasteiger partial charge in [0, 0.05) is 24.7 Å². The Hall–Kier alpha value is -1.46. The standard InChI is InChI=1S/C14H22N2O3/c1-3-6-14(15-10-13(17)4-2)11-7-5-8-12(9-11)16(18)19/h5,7-9,13-15,17H,3-4,6,10H2,1-2H3. The molecule has 106 valence electrons. The van der Waals surface area contributed by atoms with E-state index in [1.807, 2.05) is 13.0 Å². The maximum atomic E-state index is 10.8. The molecule has 1 aromatic carbocycles. The van der Waals surface area contributed by atoms with Gasteiger partial charge >= 0.3 is 0 Å². The molecule has 0 aliphatic carbocycles. The van der Waals surface area contributed by atoms with E-state index in [9.17, 15) is 15.2 Å². The zero-order valence-corrected chi connectivity index (χ0v) is 11.5. The monoisotopic (exact) mass is 266 g/mol. The van der Waals surface area contributed by atoms with Crippen molar-refractivity contribution >= 4 is 5.69 Å². The predicted molar refractivity (Wildman–Crippen MR) is 75.0 cm³/mol. The number of non-ortho nitro benzene ring substituents is 1. The highest BCUT2D eigenvalue weighted by molar-refractivity contribution is 5.35. The fourth-order valence-electron chi connectivity index (χ4n) is 1.95. The van der Waals surface area contributed by atoms with Gasteiger partial charge in [-0.2, -0.15) is 0 Å². The lowest BCUT2D eigenvalue weighted by Crippen LogP contribution is -2.30. The average molecular weight is 266 g/mol. The number of aliphatic hydroxyl groups is 1. The molecule has 0 aliphatic rings. The van der Waals surface area contributed by atoms with E-state index in [0.717, 1.165) is 18.4 Å². The van der Waals surface area contributed by atoms with Crippen molar-refractivity contribution in [2.75, 3.05) is 6.54 Å². The van der Waals surface area contributed by atoms with Crippen LogP contribution in [0, 0.1) is 10.1 Å². The Morgan fingerprint density at radius 2 is 2.16 bits per heavy atom. The zero-order valence-electron chi connectivity index (χ0n) is 11.5. The molecule has 0 fully saturated rings. The van der Waals surface area contributed by atoms with E-state index in [4.69, 9.17) is 0 Å². The second kappa shape index (κ2) is 7.86. The smallest absolute Gasteiger partial charge is 0.269 e. The van der Waals surface area contributed by atoms with Gasteiger partial charge in [-0.25, -0.2) is 0 Å². The maximum Gasteiger partial charge on any atom is 0.269 e. The van der Waals surface area contributed by atoms with Crippen LogP contribution in [0.1, 0.15) is 44.7 Å². The summed E-state index contributed by atoms with van der Waals surface area (Å²) < 4.78 is 0. The van der Waals surface area contributed by atoms with Gasteiger partial charge in [-0.3, -0.25) is 10.1 Å². The molecule has 0 aliphatic heterocycles. The second-order valence-electron chi connectivity index (χ2n) is 4.66. The summed E-state index contributed by atoms with van der Waals surface area (Å²) in [6.07, 6.45) is 2.18. The molecule has 5 heteroatoms. The largest absolute Gasteiger partial charge is 0.392 e. The number of aliphatic hydroxyl groups excluding tert-OH is 1. The summed E-state index contributed by atoms with van der Waals surface area (Å²) >= 11 is 0. The van der Waals surface area contributed by atoms with E-state index in [1.165, 1.54) is 6.07 Å². The van der Waals surface area contributed by atoms with Crippen molar-refractivity contribution in [3.63, 3.8) is 0 Å². The molecular weight excluding hydrogens is 244 g/mol. The fraction of sp³-hybridized carbons (Fsp3) is 0.571. The number of nitro benzene ring substituents is 1. The molecule has 2 atom stereocenters. The van der Waals surface area contributed by atoms with E-state index in [-0.39, 0.29) is 22.8 Å². The lowest BCUT2D eigenvalue weighted by molar-refractivity contribution is -0.384. The fourth-order valence-corrected chi connectivity index (χ4v) is 1.95. The quantitative estimate of drug-likeness (QED) is 0.560. The Labute approximate surface area is 113 Å². The van der Waals surface area contributed by atoms with Crippen molar-refractivity contribution in [2.45, 2.75) is 45.3 Å². The first-order chi connectivity index (χ1) is 9.08. The molecule has 5 nitrogen and oxygen atoms in total. The van der Waals surface area contributed by atoms with Crippen LogP contribution in [0.15, 0.2) is 24.3 Å². The van der Waals surface area contributed by atoms with Crippen LogP contribution >= 0.6 is 0 Å². The minimum atomic E-state index is -0.382. The number of nitro groups is 1. The Kier molecular flexibility index (Phi) is 6.45. The molecular formula is C14H22N2O3. The maximum absolute atomic E-state index is 10.8. The normalized spacial score (nSPS) is 14.1. The molecule has 0 radical (unpaired) electrons. The second-order valence-corrected chi connectivity index (χ2v) is 4.66. The van der Waals surface area contributed by atoms with Crippen molar-refractivity contribution in [2.24, 2.45) is 0 Å². The molecule has 0 saturated carbocycles. The molecule has 0 aromatic heterocycles. The first-order valence-corrected chi connectivity index (χ1v) is 6.74. The van der Waals surface area contributed by atoms with Crippen molar-refractivity contribution in [3.8, 4) is 0 Å². The summed E-state index contributed by atoms with van der Waals surface area (Å²) in [4.78, 5) is 10.4. The van der Waals surface area contributed by atoms with Gasteiger partial charge in [0.1, 0.15) is 0 Å². The highest BCUT2D eigenvalue weighted by atomic mass is 16.6. The zero-order chi connectivity index (χ0) is 14.3. The number of hydrogen-bond donors (Lipinski definition) is 2. The number of nitrogens with zero attached hydrogens (tertiary/aromatic N) is 1. The highest BCUT2D eigenvalue weighted by Gasteiger charge is 2.14. The SMILES string of the molecule is CCCC(NCC(O)CC)c1cccc([N+](=O)[O-])c1. The van der Waals surface area contributed by atoms with Crippen molar-refractivity contribution < 1.29 is 10.0 Å². The summed E-state index contributed by atoms with van der Waals surface area (Å²) in [5, 5.41) is 23.7. The molecule has 2 unspecified atom stereocenters. The van der Waals surface area contributed by atoms with Gasteiger partial charge in [0.25, 0.3) is 5.69 Å². The van der Waals surface area contributed by atoms with Gasteiger partial charge in [0.05, 0.1) is 11.0 Å². The topological polar surface area (TPSA) is 75.4 Å². The Morgan fingerprint density at radius 1 is 1.42 bits per heavy atom. The average Bonchev–Trinajstić information content (AvgIpc) is 2.43. The highest BCUT2D eigenvalue weighted by Crippen LogP contribution is 2.22. The van der Waals surface area contributed by atoms with Crippen LogP contribution in [0.3, 0.4) is 0 Å². The van der Waals surface area contributed by atoms with E-state index in [1.54, 1.807) is 12.1 Å². The number of rotatable bonds is 8. The summed E-state index contributed by atoms with van der Waals surface area (Å²) in [6.45, 7) is 4.50. The van der Waals surface area contributed by atoms with Gasteiger partial charge in [-0.05, 0) is 18.4 Å². The molecule has 0 amide bonds. The molecule has 1 aromatic rings. The molecule has 19 heavy (non-hydrogen) atoms. The number of hydrogen-bond acceptors (Lipinski definition) is 4. The third-order valence-electron chi connectivity index (χ3n) is 3.13. The lowest BCUT2D eigenvalue weighted by atomic mass is 10.0. The van der Waals surface area contributed by atoms with Crippen LogP contribution < -0.4 is 5.32 Å². The van der Waals surface area contributed by atoms with E-state index < -0.39 is 0 Å². The Morgan fingerprint density at radius 3 is 2.74 bits per heavy atom. The van der Waals surface area contributed by atoms with Crippen LogP contribution in [0.5, 0.6) is 0 Å². The van der Waals surface area contributed by atoms with Gasteiger partial charge in [-0.15, -0.1) is 0 Å². The summed E-state index contributed by atoms with van der Waals surface area (Å²) in [5.41, 5.74) is 1.01. The van der Waals surface area contributed by atoms with E-state index in [0.29, 0.717) is 13.0 Å². The minimum absolute atomic E-state index is 0.0473. The molecule has 0 saturated heterocycles. The number of nitrogens with one attached hydrogen (secondary N) is 1. The van der Waals surface area contributed by atoms with Gasteiger partial charge in [0.15, 0.2) is 0 Å². The van der Waals surface area contributed by atoms with Gasteiger partial charge < -0.3 is 10.4 Å². The predicted octanol–water partition coefficient (Wildman–Crippen LogP) is 2.80. The molecule has 2 N–H and O–H groups in total. The van der Waals surface area contributed by atoms with E-state index in [2.05, 4.69) is 12.2 Å². The van der Waals surface area contributed by atoms with Crippen LogP contribution in [0.4, 0.5) is 5.69 Å². The lowest BCUT2D eigenvalue weighted by Gasteiger charge is -2.20. The van der Waals surface area contributed by atoms with Crippen LogP contribution in [0.25, 0.3) is 0 Å². The van der Waals surface area contributed by atoms with Crippen LogP contribution in [-0.2, 0) is 0 Å². The summed E-state index contributed by atoms with van der Waals surface area (Å²) in [7, 11) is 0. The van der Waals surface area contributed by atoms with Crippen molar-refractivity contribution in [1.29, 1.82) is 0 Å². The molecule has 1 rings (SSSR count). The Balaban J connectivity index is 2.79. The number of benzene rings is 1. The summed E-state index contributed by atoms with van der Waals surface area (Å²) in [6, 6.07) is 6.73. The van der Waals surface area contributed by atoms with Crippen molar-refractivity contribution in [1.82, 2.24) is 5.32 Å². The van der Waals surface area contributed by atoms with Gasteiger partial charge in [0.2, 0.25) is 0 Å². The van der Waals surface area contributed by atoms with Gasteiger partial charge in [-0.1, -0.05) is 32.4 Å².